The molecule has 1 N–H and O–H groups in total. The van der Waals surface area contributed by atoms with Crippen LogP contribution in [-0.2, 0) is 5.54 Å². The lowest BCUT2D eigenvalue weighted by atomic mass is 9.78. The van der Waals surface area contributed by atoms with Crippen molar-refractivity contribution in [1.82, 2.24) is 0 Å². The fourth-order valence-electron chi connectivity index (χ4n) is 3.86. The van der Waals surface area contributed by atoms with E-state index >= 15 is 0 Å². The summed E-state index contributed by atoms with van der Waals surface area (Å²) in [4.78, 5) is 11.1. The van der Waals surface area contributed by atoms with E-state index in [0.29, 0.717) is 5.69 Å². The molecule has 0 bridgehead atoms. The van der Waals surface area contributed by atoms with Crippen molar-refractivity contribution in [3.05, 3.63) is 138 Å². The fraction of sp³-hybridized carbons (Fsp3) is 0.194. The number of halogens is 1. The molecule has 0 amide bonds. The molecular formula is C31H31ClN2O2. The predicted molar refractivity (Wildman–Crippen MR) is 147 cm³/mol. The first-order chi connectivity index (χ1) is 17.6. The molecule has 4 rings (SSSR count). The molecule has 0 spiro atoms. The van der Waals surface area contributed by atoms with Crippen LogP contribution >= 0.6 is 11.6 Å². The second-order valence-electron chi connectivity index (χ2n) is 8.26. The van der Waals surface area contributed by atoms with Crippen molar-refractivity contribution in [3.8, 4) is 0 Å². The molecule has 184 valence electrons. The van der Waals surface area contributed by atoms with Crippen LogP contribution in [0.1, 0.15) is 53.2 Å². The van der Waals surface area contributed by atoms with E-state index in [-0.39, 0.29) is 5.56 Å². The Balaban J connectivity index is 0.000000538. The van der Waals surface area contributed by atoms with Crippen molar-refractivity contribution >= 4 is 23.3 Å². The van der Waals surface area contributed by atoms with Gasteiger partial charge in [-0.1, -0.05) is 111 Å². The lowest BCUT2D eigenvalue weighted by molar-refractivity contribution is 0.0697. The molecule has 0 aliphatic heterocycles. The summed E-state index contributed by atoms with van der Waals surface area (Å²) in [5.74, 6) is -0.140. The van der Waals surface area contributed by atoms with Gasteiger partial charge >= 0.3 is 5.97 Å². The maximum atomic E-state index is 11.1. The zero-order chi connectivity index (χ0) is 25.6. The van der Waals surface area contributed by atoms with Crippen LogP contribution in [0.4, 0.5) is 5.69 Å². The standard InChI is InChI=1S/C26H20N2O2.C5H11Cl/c29-25(30)20-16-18-24(19-17-20)27-28-26(21-10-4-1-5-11-21,22-12-6-2-7-13-22)23-14-8-3-9-15-23;1-2-3-4-5-6/h1-19H,(H,29,30);2-5H2,1H3. The van der Waals surface area contributed by atoms with E-state index < -0.39 is 11.5 Å². The number of hydrogen-bond acceptors (Lipinski definition) is 3. The Bertz CT molecular complexity index is 1110. The van der Waals surface area contributed by atoms with Crippen molar-refractivity contribution < 1.29 is 9.90 Å². The van der Waals surface area contributed by atoms with E-state index in [4.69, 9.17) is 21.8 Å². The summed E-state index contributed by atoms with van der Waals surface area (Å²) in [5.41, 5.74) is 2.95. The molecule has 0 unspecified atom stereocenters. The van der Waals surface area contributed by atoms with Crippen molar-refractivity contribution in [1.29, 1.82) is 0 Å². The molecule has 5 heteroatoms. The van der Waals surface area contributed by atoms with E-state index in [0.717, 1.165) is 22.6 Å². The Kier molecular flexibility index (Phi) is 10.4. The first kappa shape index (κ1) is 26.8. The highest BCUT2D eigenvalue weighted by Gasteiger charge is 2.36. The third kappa shape index (κ3) is 6.89. The summed E-state index contributed by atoms with van der Waals surface area (Å²) in [6.45, 7) is 2.17. The molecule has 0 radical (unpaired) electrons. The van der Waals surface area contributed by atoms with Crippen LogP contribution in [0.15, 0.2) is 125 Å². The van der Waals surface area contributed by atoms with Crippen LogP contribution in [0.2, 0.25) is 0 Å². The number of aromatic carboxylic acids is 1. The quantitative estimate of drug-likeness (QED) is 0.108. The average Bonchev–Trinajstić information content (AvgIpc) is 2.94. The molecule has 0 aliphatic rings. The van der Waals surface area contributed by atoms with Gasteiger partial charge in [-0.3, -0.25) is 0 Å². The molecule has 0 fully saturated rings. The van der Waals surface area contributed by atoms with Gasteiger partial charge in [-0.05, 0) is 47.4 Å². The molecule has 36 heavy (non-hydrogen) atoms. The maximum Gasteiger partial charge on any atom is 0.335 e. The maximum absolute atomic E-state index is 11.1. The van der Waals surface area contributed by atoms with Crippen molar-refractivity contribution in [2.45, 2.75) is 31.7 Å². The molecular weight excluding hydrogens is 468 g/mol. The number of carbonyl (C=O) groups is 1. The van der Waals surface area contributed by atoms with Gasteiger partial charge in [-0.2, -0.15) is 10.2 Å². The number of unbranched alkanes of at least 4 members (excludes halogenated alkanes) is 2. The normalized spacial score (nSPS) is 11.1. The summed E-state index contributed by atoms with van der Waals surface area (Å²) in [6, 6.07) is 36.6. The van der Waals surface area contributed by atoms with Gasteiger partial charge in [0.25, 0.3) is 0 Å². The Hall–Kier alpha value is -3.76. The molecule has 4 nitrogen and oxygen atoms in total. The van der Waals surface area contributed by atoms with Gasteiger partial charge in [0.1, 0.15) is 0 Å². The summed E-state index contributed by atoms with van der Waals surface area (Å²) >= 11 is 5.38. The van der Waals surface area contributed by atoms with Crippen molar-refractivity contribution in [2.24, 2.45) is 10.2 Å². The van der Waals surface area contributed by atoms with Gasteiger partial charge in [0.05, 0.1) is 11.3 Å². The molecule has 0 heterocycles. The smallest absolute Gasteiger partial charge is 0.335 e. The number of carboxylic acid groups (broad SMARTS) is 1. The van der Waals surface area contributed by atoms with E-state index in [1.54, 1.807) is 12.1 Å². The Labute approximate surface area is 218 Å². The van der Waals surface area contributed by atoms with E-state index in [9.17, 15) is 4.79 Å². The molecule has 4 aromatic carbocycles. The second-order valence-corrected chi connectivity index (χ2v) is 8.63. The second kappa shape index (κ2) is 14.0. The lowest BCUT2D eigenvalue weighted by Crippen LogP contribution is -2.26. The third-order valence-corrected chi connectivity index (χ3v) is 6.01. The highest BCUT2D eigenvalue weighted by atomic mass is 35.5. The number of alkyl halides is 1. The van der Waals surface area contributed by atoms with Gasteiger partial charge in [0, 0.05) is 5.88 Å². The Morgan fingerprint density at radius 1 is 0.722 bits per heavy atom. The summed E-state index contributed by atoms with van der Waals surface area (Å²) in [6.07, 6.45) is 3.73. The minimum absolute atomic E-state index is 0.217. The van der Waals surface area contributed by atoms with E-state index in [1.807, 2.05) is 91.0 Å². The largest absolute Gasteiger partial charge is 0.478 e. The summed E-state index contributed by atoms with van der Waals surface area (Å²) in [7, 11) is 0. The molecule has 0 saturated heterocycles. The minimum Gasteiger partial charge on any atom is -0.478 e. The van der Waals surface area contributed by atoms with E-state index in [2.05, 4.69) is 12.0 Å². The predicted octanol–water partition coefficient (Wildman–Crippen LogP) is 8.88. The zero-order valence-corrected chi connectivity index (χ0v) is 21.2. The summed E-state index contributed by atoms with van der Waals surface area (Å²) < 4.78 is 0. The van der Waals surface area contributed by atoms with Crippen LogP contribution in [0, 0.1) is 0 Å². The molecule has 0 saturated carbocycles. The molecule has 0 aliphatic carbocycles. The highest BCUT2D eigenvalue weighted by Crippen LogP contribution is 2.41. The number of rotatable bonds is 9. The number of nitrogens with zero attached hydrogens (tertiary/aromatic N) is 2. The molecule has 0 atom stereocenters. The van der Waals surface area contributed by atoms with Gasteiger partial charge < -0.3 is 5.11 Å². The Morgan fingerprint density at radius 3 is 1.50 bits per heavy atom. The number of carboxylic acids is 1. The molecule has 4 aromatic rings. The zero-order valence-electron chi connectivity index (χ0n) is 20.4. The van der Waals surface area contributed by atoms with Crippen LogP contribution in [0.3, 0.4) is 0 Å². The minimum atomic E-state index is -0.967. The van der Waals surface area contributed by atoms with Crippen molar-refractivity contribution in [3.63, 3.8) is 0 Å². The lowest BCUT2D eigenvalue weighted by Gasteiger charge is -2.30. The van der Waals surface area contributed by atoms with Gasteiger partial charge in [0.2, 0.25) is 0 Å². The number of benzene rings is 4. The topological polar surface area (TPSA) is 62.0 Å². The first-order valence-corrected chi connectivity index (χ1v) is 12.6. The average molecular weight is 499 g/mol. The number of hydrogen-bond donors (Lipinski definition) is 1. The van der Waals surface area contributed by atoms with Crippen LogP contribution < -0.4 is 0 Å². The van der Waals surface area contributed by atoms with Crippen LogP contribution in [0.25, 0.3) is 0 Å². The van der Waals surface area contributed by atoms with Gasteiger partial charge in [0.15, 0.2) is 5.54 Å². The van der Waals surface area contributed by atoms with Crippen LogP contribution in [-0.4, -0.2) is 17.0 Å². The fourth-order valence-corrected chi connectivity index (χ4v) is 4.05. The Morgan fingerprint density at radius 2 is 1.17 bits per heavy atom. The van der Waals surface area contributed by atoms with Gasteiger partial charge in [-0.25, -0.2) is 4.79 Å². The van der Waals surface area contributed by atoms with Crippen LogP contribution in [0.5, 0.6) is 0 Å². The third-order valence-electron chi connectivity index (χ3n) is 5.74. The van der Waals surface area contributed by atoms with Crippen molar-refractivity contribution in [2.75, 3.05) is 5.88 Å². The first-order valence-electron chi connectivity index (χ1n) is 12.1. The highest BCUT2D eigenvalue weighted by molar-refractivity contribution is 6.17. The number of azo groups is 1. The summed E-state index contributed by atoms with van der Waals surface area (Å²) in [5, 5.41) is 18.6. The van der Waals surface area contributed by atoms with E-state index in [1.165, 1.54) is 31.4 Å². The SMILES string of the molecule is CCCCCCl.O=C(O)c1ccc(N=NC(c2ccccc2)(c2ccccc2)c2ccccc2)cc1. The molecule has 0 aromatic heterocycles. The monoisotopic (exact) mass is 498 g/mol. The van der Waals surface area contributed by atoms with Gasteiger partial charge in [-0.15, -0.1) is 11.6 Å².